The molecule has 2 aromatic carbocycles. The average Bonchev–Trinajstić information content (AvgIpc) is 2.80. The molecule has 2 aromatic rings. The van der Waals surface area contributed by atoms with E-state index in [1.165, 1.54) is 0 Å². The SMILES string of the molecule is O=C(NC1CCCCNC1=O)c1ccc(-c2ccccc2)cc1. The van der Waals surface area contributed by atoms with E-state index < -0.39 is 6.04 Å². The van der Waals surface area contributed by atoms with Crippen LogP contribution in [-0.2, 0) is 4.79 Å². The van der Waals surface area contributed by atoms with Crippen LogP contribution in [0.5, 0.6) is 0 Å². The number of carbonyl (C=O) groups is 2. The Morgan fingerprint density at radius 3 is 2.39 bits per heavy atom. The second-order valence-electron chi connectivity index (χ2n) is 5.76. The van der Waals surface area contributed by atoms with Crippen LogP contribution in [0, 0.1) is 0 Å². The maximum Gasteiger partial charge on any atom is 0.251 e. The van der Waals surface area contributed by atoms with Crippen molar-refractivity contribution in [3.8, 4) is 11.1 Å². The molecule has 1 heterocycles. The van der Waals surface area contributed by atoms with Crippen LogP contribution in [0.15, 0.2) is 54.6 Å². The summed E-state index contributed by atoms with van der Waals surface area (Å²) >= 11 is 0. The molecule has 1 fully saturated rings. The molecule has 1 aliphatic heterocycles. The number of benzene rings is 2. The molecule has 0 saturated carbocycles. The summed E-state index contributed by atoms with van der Waals surface area (Å²) in [4.78, 5) is 24.2. The molecule has 0 aromatic heterocycles. The van der Waals surface area contributed by atoms with Gasteiger partial charge in [-0.15, -0.1) is 0 Å². The van der Waals surface area contributed by atoms with Crippen LogP contribution in [0.25, 0.3) is 11.1 Å². The van der Waals surface area contributed by atoms with E-state index in [1.807, 2.05) is 42.5 Å². The Balaban J connectivity index is 1.69. The van der Waals surface area contributed by atoms with Crippen molar-refractivity contribution in [1.82, 2.24) is 10.6 Å². The quantitative estimate of drug-likeness (QED) is 0.916. The van der Waals surface area contributed by atoms with Gasteiger partial charge in [-0.25, -0.2) is 0 Å². The van der Waals surface area contributed by atoms with Crippen molar-refractivity contribution >= 4 is 11.8 Å². The van der Waals surface area contributed by atoms with Gasteiger partial charge in [-0.2, -0.15) is 0 Å². The Hall–Kier alpha value is -2.62. The molecule has 1 unspecified atom stereocenters. The summed E-state index contributed by atoms with van der Waals surface area (Å²) in [6, 6.07) is 17.0. The Labute approximate surface area is 135 Å². The Morgan fingerprint density at radius 2 is 1.65 bits per heavy atom. The van der Waals surface area contributed by atoms with E-state index in [0.29, 0.717) is 18.5 Å². The first-order valence-corrected chi connectivity index (χ1v) is 7.98. The summed E-state index contributed by atoms with van der Waals surface area (Å²) in [7, 11) is 0. The maximum absolute atomic E-state index is 12.3. The highest BCUT2D eigenvalue weighted by atomic mass is 16.2. The normalized spacial score (nSPS) is 17.9. The number of carbonyl (C=O) groups excluding carboxylic acids is 2. The largest absolute Gasteiger partial charge is 0.354 e. The molecule has 4 nitrogen and oxygen atoms in total. The predicted octanol–water partition coefficient (Wildman–Crippen LogP) is 2.75. The molecule has 1 saturated heterocycles. The van der Waals surface area contributed by atoms with Gasteiger partial charge in [0, 0.05) is 12.1 Å². The van der Waals surface area contributed by atoms with E-state index >= 15 is 0 Å². The number of hydrogen-bond donors (Lipinski definition) is 2. The zero-order chi connectivity index (χ0) is 16.1. The van der Waals surface area contributed by atoms with E-state index in [2.05, 4.69) is 10.6 Å². The molecule has 0 bridgehead atoms. The van der Waals surface area contributed by atoms with Crippen molar-refractivity contribution in [2.24, 2.45) is 0 Å². The smallest absolute Gasteiger partial charge is 0.251 e. The van der Waals surface area contributed by atoms with Crippen molar-refractivity contribution in [2.75, 3.05) is 6.54 Å². The monoisotopic (exact) mass is 308 g/mol. The van der Waals surface area contributed by atoms with Crippen LogP contribution in [0.3, 0.4) is 0 Å². The molecule has 118 valence electrons. The number of nitrogens with one attached hydrogen (secondary N) is 2. The van der Waals surface area contributed by atoms with Gasteiger partial charge in [0.2, 0.25) is 5.91 Å². The van der Waals surface area contributed by atoms with Gasteiger partial charge in [0.1, 0.15) is 6.04 Å². The molecule has 2 amide bonds. The van der Waals surface area contributed by atoms with E-state index in [4.69, 9.17) is 0 Å². The first-order valence-electron chi connectivity index (χ1n) is 7.98. The minimum Gasteiger partial charge on any atom is -0.354 e. The molecule has 4 heteroatoms. The third-order valence-corrected chi connectivity index (χ3v) is 4.09. The van der Waals surface area contributed by atoms with Gasteiger partial charge in [-0.1, -0.05) is 42.5 Å². The average molecular weight is 308 g/mol. The van der Waals surface area contributed by atoms with Crippen LogP contribution in [-0.4, -0.2) is 24.4 Å². The first-order chi connectivity index (χ1) is 11.2. The van der Waals surface area contributed by atoms with E-state index in [0.717, 1.165) is 24.0 Å². The lowest BCUT2D eigenvalue weighted by Crippen LogP contribution is -2.45. The lowest BCUT2D eigenvalue weighted by atomic mass is 10.0. The van der Waals surface area contributed by atoms with Crippen LogP contribution >= 0.6 is 0 Å². The molecule has 0 aliphatic carbocycles. The topological polar surface area (TPSA) is 58.2 Å². The van der Waals surface area contributed by atoms with Gasteiger partial charge < -0.3 is 10.6 Å². The molecule has 0 spiro atoms. The van der Waals surface area contributed by atoms with Gasteiger partial charge in [-0.3, -0.25) is 9.59 Å². The minimum absolute atomic E-state index is 0.0863. The standard InChI is InChI=1S/C19H20N2O2/c22-18(21-17-8-4-5-13-20-19(17)23)16-11-9-15(10-12-16)14-6-2-1-3-7-14/h1-3,6-7,9-12,17H,4-5,8,13H2,(H,20,23)(H,21,22). The highest BCUT2D eigenvalue weighted by Gasteiger charge is 2.22. The highest BCUT2D eigenvalue weighted by Crippen LogP contribution is 2.19. The summed E-state index contributed by atoms with van der Waals surface area (Å²) in [5.74, 6) is -0.289. The van der Waals surface area contributed by atoms with Crippen molar-refractivity contribution < 1.29 is 9.59 Å². The van der Waals surface area contributed by atoms with Crippen molar-refractivity contribution in [1.29, 1.82) is 0 Å². The lowest BCUT2D eigenvalue weighted by Gasteiger charge is -2.15. The fourth-order valence-electron chi connectivity index (χ4n) is 2.76. The summed E-state index contributed by atoms with van der Waals surface area (Å²) < 4.78 is 0. The lowest BCUT2D eigenvalue weighted by molar-refractivity contribution is -0.122. The number of hydrogen-bond acceptors (Lipinski definition) is 2. The highest BCUT2D eigenvalue weighted by molar-refractivity contribution is 5.97. The number of rotatable bonds is 3. The van der Waals surface area contributed by atoms with Crippen LogP contribution < -0.4 is 10.6 Å². The van der Waals surface area contributed by atoms with E-state index in [9.17, 15) is 9.59 Å². The van der Waals surface area contributed by atoms with Crippen LogP contribution in [0.4, 0.5) is 0 Å². The van der Waals surface area contributed by atoms with Gasteiger partial charge in [0.15, 0.2) is 0 Å². The fourth-order valence-corrected chi connectivity index (χ4v) is 2.76. The zero-order valence-electron chi connectivity index (χ0n) is 12.9. The second-order valence-corrected chi connectivity index (χ2v) is 5.76. The molecule has 3 rings (SSSR count). The minimum atomic E-state index is -0.432. The molecular weight excluding hydrogens is 288 g/mol. The first kappa shape index (κ1) is 15.3. The summed E-state index contributed by atoms with van der Waals surface area (Å²) in [6.45, 7) is 0.691. The zero-order valence-corrected chi connectivity index (χ0v) is 12.9. The Bertz CT molecular complexity index is 680. The third-order valence-electron chi connectivity index (χ3n) is 4.09. The van der Waals surface area contributed by atoms with Crippen molar-refractivity contribution in [3.63, 3.8) is 0 Å². The van der Waals surface area contributed by atoms with Gasteiger partial charge in [0.05, 0.1) is 0 Å². The summed E-state index contributed by atoms with van der Waals surface area (Å²) in [5.41, 5.74) is 2.75. The Kier molecular flexibility index (Phi) is 4.71. The molecule has 1 atom stereocenters. The number of amides is 2. The van der Waals surface area contributed by atoms with E-state index in [-0.39, 0.29) is 11.8 Å². The van der Waals surface area contributed by atoms with Gasteiger partial charge in [0.25, 0.3) is 5.91 Å². The molecule has 0 radical (unpaired) electrons. The van der Waals surface area contributed by atoms with Crippen LogP contribution in [0.2, 0.25) is 0 Å². The van der Waals surface area contributed by atoms with E-state index in [1.54, 1.807) is 12.1 Å². The van der Waals surface area contributed by atoms with Gasteiger partial charge in [-0.05, 0) is 42.5 Å². The van der Waals surface area contributed by atoms with Crippen molar-refractivity contribution in [3.05, 3.63) is 60.2 Å². The Morgan fingerprint density at radius 1 is 0.957 bits per heavy atom. The van der Waals surface area contributed by atoms with Gasteiger partial charge >= 0.3 is 0 Å². The van der Waals surface area contributed by atoms with Crippen LogP contribution in [0.1, 0.15) is 29.6 Å². The molecule has 2 N–H and O–H groups in total. The maximum atomic E-state index is 12.3. The molecule has 1 aliphatic rings. The third kappa shape index (κ3) is 3.77. The summed E-state index contributed by atoms with van der Waals surface area (Å²) in [6.07, 6.45) is 2.60. The molecule has 23 heavy (non-hydrogen) atoms. The van der Waals surface area contributed by atoms with Crippen molar-refractivity contribution in [2.45, 2.75) is 25.3 Å². The second kappa shape index (κ2) is 7.09. The summed E-state index contributed by atoms with van der Waals surface area (Å²) in [5, 5.41) is 5.66. The fraction of sp³-hybridized carbons (Fsp3) is 0.263. The molecular formula is C19H20N2O2. The predicted molar refractivity (Wildman–Crippen MR) is 90.0 cm³/mol.